The van der Waals surface area contributed by atoms with Crippen molar-refractivity contribution in [2.75, 3.05) is 26.2 Å². The van der Waals surface area contributed by atoms with Gasteiger partial charge in [-0.1, -0.05) is 30.4 Å². The molecule has 2 aliphatic heterocycles. The molecule has 2 fully saturated rings. The summed E-state index contributed by atoms with van der Waals surface area (Å²) in [7, 11) is 0. The molecule has 4 heteroatoms. The number of nitrogens with one attached hydrogen (secondary N) is 1. The van der Waals surface area contributed by atoms with Gasteiger partial charge in [0.15, 0.2) is 0 Å². The maximum absolute atomic E-state index is 10.4. The molecule has 2 saturated heterocycles. The zero-order valence-electron chi connectivity index (χ0n) is 15.4. The highest BCUT2D eigenvalue weighted by atomic mass is 16.5. The SMILES string of the molecule is C=C1C[C@@H](C)O[C@@H](c2ccccc2OC[C@H](O)C[NH+]2CCCCC2)C1. The molecular formula is C21H32NO3+. The molecule has 0 saturated carbocycles. The summed E-state index contributed by atoms with van der Waals surface area (Å²) in [5, 5.41) is 10.4. The molecule has 2 N–H and O–H groups in total. The van der Waals surface area contributed by atoms with Crippen molar-refractivity contribution in [3.8, 4) is 5.75 Å². The van der Waals surface area contributed by atoms with Crippen LogP contribution in [0.15, 0.2) is 36.4 Å². The Morgan fingerprint density at radius 3 is 2.76 bits per heavy atom. The lowest BCUT2D eigenvalue weighted by atomic mass is 9.95. The minimum atomic E-state index is -0.428. The second-order valence-corrected chi connectivity index (χ2v) is 7.61. The van der Waals surface area contributed by atoms with E-state index in [2.05, 4.69) is 19.6 Å². The first-order valence-corrected chi connectivity index (χ1v) is 9.67. The van der Waals surface area contributed by atoms with Crippen molar-refractivity contribution >= 4 is 0 Å². The smallest absolute Gasteiger partial charge is 0.137 e. The van der Waals surface area contributed by atoms with Crippen molar-refractivity contribution in [2.24, 2.45) is 0 Å². The number of para-hydroxylation sites is 1. The molecular weight excluding hydrogens is 314 g/mol. The first kappa shape index (κ1) is 18.4. The van der Waals surface area contributed by atoms with Gasteiger partial charge in [-0.05, 0) is 45.1 Å². The normalized spacial score (nSPS) is 26.4. The van der Waals surface area contributed by atoms with Gasteiger partial charge in [0.05, 0.1) is 25.3 Å². The number of rotatable bonds is 6. The molecule has 2 aliphatic rings. The van der Waals surface area contributed by atoms with E-state index in [0.29, 0.717) is 6.61 Å². The van der Waals surface area contributed by atoms with Crippen LogP contribution in [0, 0.1) is 0 Å². The van der Waals surface area contributed by atoms with Crippen LogP contribution in [-0.4, -0.2) is 43.6 Å². The van der Waals surface area contributed by atoms with E-state index >= 15 is 0 Å². The largest absolute Gasteiger partial charge is 0.490 e. The minimum absolute atomic E-state index is 0.00249. The van der Waals surface area contributed by atoms with Crippen molar-refractivity contribution in [3.05, 3.63) is 42.0 Å². The maximum atomic E-state index is 10.4. The Balaban J connectivity index is 1.58. The Hall–Kier alpha value is -1.36. The molecule has 25 heavy (non-hydrogen) atoms. The van der Waals surface area contributed by atoms with Gasteiger partial charge in [0.2, 0.25) is 0 Å². The second-order valence-electron chi connectivity index (χ2n) is 7.61. The van der Waals surface area contributed by atoms with E-state index in [1.54, 1.807) is 0 Å². The number of hydrogen-bond donors (Lipinski definition) is 2. The maximum Gasteiger partial charge on any atom is 0.137 e. The number of aliphatic hydroxyl groups excluding tert-OH is 1. The number of aliphatic hydroxyl groups is 1. The highest BCUT2D eigenvalue weighted by molar-refractivity contribution is 5.36. The van der Waals surface area contributed by atoms with Crippen LogP contribution >= 0.6 is 0 Å². The highest BCUT2D eigenvalue weighted by Crippen LogP contribution is 2.37. The standard InChI is InChI=1S/C21H31NO3/c1-16-12-17(2)25-21(13-16)19-8-4-5-9-20(19)24-15-18(23)14-22-10-6-3-7-11-22/h4-5,8-9,17-18,21,23H,1,3,6-7,10-15H2,2H3/p+1/t17-,18-,21-/m1/s1. The van der Waals surface area contributed by atoms with Crippen LogP contribution in [-0.2, 0) is 4.74 Å². The van der Waals surface area contributed by atoms with Crippen molar-refractivity contribution in [1.82, 2.24) is 0 Å². The summed E-state index contributed by atoms with van der Waals surface area (Å²) in [5.41, 5.74) is 2.29. The van der Waals surface area contributed by atoms with E-state index in [-0.39, 0.29) is 12.2 Å². The third-order valence-electron chi connectivity index (χ3n) is 5.23. The summed E-state index contributed by atoms with van der Waals surface area (Å²) >= 11 is 0. The molecule has 0 bridgehead atoms. The molecule has 0 aromatic heterocycles. The molecule has 138 valence electrons. The van der Waals surface area contributed by atoms with Crippen LogP contribution in [0.2, 0.25) is 0 Å². The summed E-state index contributed by atoms with van der Waals surface area (Å²) in [5.74, 6) is 0.821. The van der Waals surface area contributed by atoms with Crippen LogP contribution in [0.5, 0.6) is 5.75 Å². The van der Waals surface area contributed by atoms with E-state index in [9.17, 15) is 5.11 Å². The van der Waals surface area contributed by atoms with Gasteiger partial charge in [0, 0.05) is 5.56 Å². The Morgan fingerprint density at radius 1 is 1.24 bits per heavy atom. The van der Waals surface area contributed by atoms with E-state index in [0.717, 1.165) is 30.7 Å². The van der Waals surface area contributed by atoms with Crippen LogP contribution in [0.4, 0.5) is 0 Å². The van der Waals surface area contributed by atoms with Gasteiger partial charge in [-0.15, -0.1) is 0 Å². The van der Waals surface area contributed by atoms with E-state index in [1.165, 1.54) is 42.8 Å². The number of benzene rings is 1. The van der Waals surface area contributed by atoms with E-state index in [4.69, 9.17) is 9.47 Å². The Labute approximate surface area is 151 Å². The van der Waals surface area contributed by atoms with Gasteiger partial charge in [-0.3, -0.25) is 0 Å². The quantitative estimate of drug-likeness (QED) is 0.777. The molecule has 0 radical (unpaired) electrons. The lowest BCUT2D eigenvalue weighted by Gasteiger charge is -2.31. The fourth-order valence-corrected chi connectivity index (χ4v) is 4.02. The monoisotopic (exact) mass is 346 g/mol. The van der Waals surface area contributed by atoms with Crippen molar-refractivity contribution in [2.45, 2.75) is 57.3 Å². The number of ether oxygens (including phenoxy) is 2. The highest BCUT2D eigenvalue weighted by Gasteiger charge is 2.26. The lowest BCUT2D eigenvalue weighted by molar-refractivity contribution is -0.908. The molecule has 0 amide bonds. The molecule has 3 atom stereocenters. The van der Waals surface area contributed by atoms with E-state index < -0.39 is 6.10 Å². The molecule has 1 aromatic rings. The molecule has 4 nitrogen and oxygen atoms in total. The lowest BCUT2D eigenvalue weighted by Crippen LogP contribution is -3.14. The summed E-state index contributed by atoms with van der Waals surface area (Å²) in [6.07, 6.45) is 5.39. The van der Waals surface area contributed by atoms with Gasteiger partial charge in [0.25, 0.3) is 0 Å². The van der Waals surface area contributed by atoms with Gasteiger partial charge >= 0.3 is 0 Å². The van der Waals surface area contributed by atoms with Crippen LogP contribution < -0.4 is 9.64 Å². The van der Waals surface area contributed by atoms with Crippen LogP contribution in [0.25, 0.3) is 0 Å². The average molecular weight is 346 g/mol. The topological polar surface area (TPSA) is 43.1 Å². The van der Waals surface area contributed by atoms with Crippen LogP contribution in [0.1, 0.15) is 50.7 Å². The van der Waals surface area contributed by atoms with Gasteiger partial charge in [-0.2, -0.15) is 0 Å². The molecule has 0 unspecified atom stereocenters. The number of quaternary nitrogens is 1. The van der Waals surface area contributed by atoms with Gasteiger partial charge in [-0.25, -0.2) is 0 Å². The Morgan fingerprint density at radius 2 is 2.00 bits per heavy atom. The molecule has 0 spiro atoms. The fourth-order valence-electron chi connectivity index (χ4n) is 4.02. The zero-order valence-corrected chi connectivity index (χ0v) is 15.4. The van der Waals surface area contributed by atoms with Gasteiger partial charge in [0.1, 0.15) is 25.0 Å². The molecule has 0 aliphatic carbocycles. The minimum Gasteiger partial charge on any atom is -0.490 e. The predicted octanol–water partition coefficient (Wildman–Crippen LogP) is 2.29. The van der Waals surface area contributed by atoms with Crippen LogP contribution in [0.3, 0.4) is 0 Å². The molecule has 3 rings (SSSR count). The number of piperidine rings is 1. The molecule has 2 heterocycles. The van der Waals surface area contributed by atoms with Crippen molar-refractivity contribution < 1.29 is 19.5 Å². The third kappa shape index (κ3) is 5.30. The van der Waals surface area contributed by atoms with Gasteiger partial charge < -0.3 is 19.5 Å². The molecule has 1 aromatic carbocycles. The predicted molar refractivity (Wildman–Crippen MR) is 99.0 cm³/mol. The summed E-state index contributed by atoms with van der Waals surface area (Å²) < 4.78 is 12.1. The average Bonchev–Trinajstić information content (AvgIpc) is 2.60. The van der Waals surface area contributed by atoms with Crippen molar-refractivity contribution in [3.63, 3.8) is 0 Å². The van der Waals surface area contributed by atoms with Crippen molar-refractivity contribution in [1.29, 1.82) is 0 Å². The first-order chi connectivity index (χ1) is 12.1. The second kappa shape index (κ2) is 8.84. The fraction of sp³-hybridized carbons (Fsp3) is 0.619. The number of likely N-dealkylation sites (tertiary alicyclic amines) is 1. The summed E-state index contributed by atoms with van der Waals surface area (Å²) in [6, 6.07) is 8.03. The van der Waals surface area contributed by atoms with E-state index in [1.807, 2.05) is 18.2 Å². The Bertz CT molecular complexity index is 568. The first-order valence-electron chi connectivity index (χ1n) is 9.67. The Kier molecular flexibility index (Phi) is 6.51. The summed E-state index contributed by atoms with van der Waals surface area (Å²) in [4.78, 5) is 1.50. The third-order valence-corrected chi connectivity index (χ3v) is 5.23. The zero-order chi connectivity index (χ0) is 17.6. The number of hydrogen-bond acceptors (Lipinski definition) is 3. The summed E-state index contributed by atoms with van der Waals surface area (Å²) in [6.45, 7) is 9.69.